The molecule has 2 rings (SSSR count). The summed E-state index contributed by atoms with van der Waals surface area (Å²) in [6.45, 7) is 1.90. The van der Waals surface area contributed by atoms with Crippen LogP contribution in [0.25, 0.3) is 0 Å². The molecule has 18 heavy (non-hydrogen) atoms. The average molecular weight is 274 g/mol. The van der Waals surface area contributed by atoms with Crippen molar-refractivity contribution in [2.45, 2.75) is 25.8 Å². The average Bonchev–Trinajstić information content (AvgIpc) is 3.14. The molecule has 1 amide bonds. The highest BCUT2D eigenvalue weighted by Gasteiger charge is 2.33. The van der Waals surface area contributed by atoms with Crippen LogP contribution in [-0.2, 0) is 0 Å². The van der Waals surface area contributed by atoms with Gasteiger partial charge in [-0.2, -0.15) is 0 Å². The summed E-state index contributed by atoms with van der Waals surface area (Å²) < 4.78 is 26.8. The van der Waals surface area contributed by atoms with Crippen LogP contribution in [0.1, 0.15) is 28.8 Å². The van der Waals surface area contributed by atoms with E-state index in [0.29, 0.717) is 12.4 Å². The fraction of sp³-hybridized carbons (Fsp3) is 0.462. The van der Waals surface area contributed by atoms with Crippen LogP contribution in [0.5, 0.6) is 0 Å². The maximum atomic E-state index is 13.6. The second-order valence-electron chi connectivity index (χ2n) is 4.50. The van der Waals surface area contributed by atoms with Gasteiger partial charge in [0.2, 0.25) is 0 Å². The summed E-state index contributed by atoms with van der Waals surface area (Å²) in [6, 6.07) is 2.17. The summed E-state index contributed by atoms with van der Waals surface area (Å²) in [5, 5.41) is 0. The van der Waals surface area contributed by atoms with Crippen molar-refractivity contribution in [1.82, 2.24) is 4.90 Å². The van der Waals surface area contributed by atoms with Gasteiger partial charge in [-0.05, 0) is 31.4 Å². The second kappa shape index (κ2) is 5.22. The van der Waals surface area contributed by atoms with Crippen LogP contribution in [0, 0.1) is 18.6 Å². The second-order valence-corrected chi connectivity index (χ2v) is 4.88. The molecule has 0 heterocycles. The zero-order valence-electron chi connectivity index (χ0n) is 10.0. The van der Waals surface area contributed by atoms with Crippen LogP contribution >= 0.6 is 11.6 Å². The summed E-state index contributed by atoms with van der Waals surface area (Å²) in [7, 11) is 0. The molecule has 1 aromatic carbocycles. The van der Waals surface area contributed by atoms with Gasteiger partial charge in [-0.3, -0.25) is 4.79 Å². The summed E-state index contributed by atoms with van der Waals surface area (Å²) >= 11 is 5.65. The molecule has 2 nitrogen and oxygen atoms in total. The third-order valence-electron chi connectivity index (χ3n) is 3.05. The molecule has 5 heteroatoms. The summed E-state index contributed by atoms with van der Waals surface area (Å²) in [4.78, 5) is 13.8. The number of hydrogen-bond donors (Lipinski definition) is 0. The molecule has 1 aliphatic carbocycles. The Labute approximate surface area is 110 Å². The SMILES string of the molecule is Cc1cc(C(=O)N(CCCl)C2CC2)c(F)cc1F. The van der Waals surface area contributed by atoms with Crippen LogP contribution in [0.15, 0.2) is 12.1 Å². The van der Waals surface area contributed by atoms with Gasteiger partial charge >= 0.3 is 0 Å². The zero-order chi connectivity index (χ0) is 13.3. The fourth-order valence-electron chi connectivity index (χ4n) is 1.90. The van der Waals surface area contributed by atoms with Gasteiger partial charge in [-0.25, -0.2) is 8.78 Å². The van der Waals surface area contributed by atoms with Crippen LogP contribution in [0.2, 0.25) is 0 Å². The molecule has 0 radical (unpaired) electrons. The van der Waals surface area contributed by atoms with E-state index in [2.05, 4.69) is 0 Å². The third-order valence-corrected chi connectivity index (χ3v) is 3.22. The molecule has 0 atom stereocenters. The minimum Gasteiger partial charge on any atom is -0.334 e. The van der Waals surface area contributed by atoms with E-state index in [1.54, 1.807) is 4.90 Å². The Kier molecular flexibility index (Phi) is 3.85. The third kappa shape index (κ3) is 2.64. The number of nitrogens with zero attached hydrogens (tertiary/aromatic N) is 1. The lowest BCUT2D eigenvalue weighted by Crippen LogP contribution is -2.35. The van der Waals surface area contributed by atoms with Crippen LogP contribution < -0.4 is 0 Å². The highest BCUT2D eigenvalue weighted by atomic mass is 35.5. The van der Waals surface area contributed by atoms with Gasteiger partial charge in [0.1, 0.15) is 11.6 Å². The summed E-state index contributed by atoms with van der Waals surface area (Å²) in [5.74, 6) is -1.55. The minimum absolute atomic E-state index is 0.0779. The largest absolute Gasteiger partial charge is 0.334 e. The van der Waals surface area contributed by atoms with Crippen LogP contribution in [0.3, 0.4) is 0 Å². The molecule has 1 aliphatic rings. The van der Waals surface area contributed by atoms with Crippen molar-refractivity contribution in [1.29, 1.82) is 0 Å². The molecular formula is C13H14ClF2NO. The molecular weight excluding hydrogens is 260 g/mol. The van der Waals surface area contributed by atoms with Gasteiger partial charge < -0.3 is 4.90 Å². The zero-order valence-corrected chi connectivity index (χ0v) is 10.8. The number of rotatable bonds is 4. The molecule has 1 fully saturated rings. The van der Waals surface area contributed by atoms with Crippen molar-refractivity contribution in [2.75, 3.05) is 12.4 Å². The maximum absolute atomic E-state index is 13.6. The van der Waals surface area contributed by atoms with E-state index in [1.807, 2.05) is 0 Å². The first-order valence-corrected chi connectivity index (χ1v) is 6.40. The number of aryl methyl sites for hydroxylation is 1. The first kappa shape index (κ1) is 13.3. The van der Waals surface area contributed by atoms with E-state index in [9.17, 15) is 13.6 Å². The first-order chi connectivity index (χ1) is 8.54. The van der Waals surface area contributed by atoms with E-state index >= 15 is 0 Å². The van der Waals surface area contributed by atoms with E-state index in [0.717, 1.165) is 18.9 Å². The number of halogens is 3. The molecule has 98 valence electrons. The van der Waals surface area contributed by atoms with Crippen molar-refractivity contribution < 1.29 is 13.6 Å². The van der Waals surface area contributed by atoms with Gasteiger partial charge in [0.15, 0.2) is 0 Å². The predicted molar refractivity (Wildman–Crippen MR) is 65.9 cm³/mol. The molecule has 0 unspecified atom stereocenters. The van der Waals surface area contributed by atoms with Crippen LogP contribution in [0.4, 0.5) is 8.78 Å². The van der Waals surface area contributed by atoms with Gasteiger partial charge in [0, 0.05) is 24.5 Å². The van der Waals surface area contributed by atoms with E-state index in [1.165, 1.54) is 13.0 Å². The lowest BCUT2D eigenvalue weighted by Gasteiger charge is -2.21. The Hall–Kier alpha value is -1.16. The Morgan fingerprint density at radius 3 is 2.61 bits per heavy atom. The number of carbonyl (C=O) groups excluding carboxylic acids is 1. The molecule has 0 saturated heterocycles. The van der Waals surface area contributed by atoms with Gasteiger partial charge in [0.05, 0.1) is 5.56 Å². The lowest BCUT2D eigenvalue weighted by atomic mass is 10.1. The molecule has 1 aromatic rings. The number of alkyl halides is 1. The molecule has 0 spiro atoms. The Morgan fingerprint density at radius 1 is 1.39 bits per heavy atom. The normalized spacial score (nSPS) is 14.7. The number of carbonyl (C=O) groups is 1. The predicted octanol–water partition coefficient (Wildman–Crippen LogP) is 3.12. The highest BCUT2D eigenvalue weighted by molar-refractivity contribution is 6.18. The van der Waals surface area contributed by atoms with Crippen molar-refractivity contribution >= 4 is 17.5 Å². The number of benzene rings is 1. The Bertz CT molecular complexity index is 474. The van der Waals surface area contributed by atoms with Crippen LogP contribution in [-0.4, -0.2) is 29.3 Å². The first-order valence-electron chi connectivity index (χ1n) is 5.87. The van der Waals surface area contributed by atoms with Crippen molar-refractivity contribution in [3.05, 3.63) is 34.9 Å². The Balaban J connectivity index is 2.29. The molecule has 0 N–H and O–H groups in total. The van der Waals surface area contributed by atoms with Gasteiger partial charge in [0.25, 0.3) is 5.91 Å². The van der Waals surface area contributed by atoms with E-state index < -0.39 is 17.5 Å². The summed E-state index contributed by atoms with van der Waals surface area (Å²) in [5.41, 5.74) is 0.187. The lowest BCUT2D eigenvalue weighted by molar-refractivity contribution is 0.0749. The topological polar surface area (TPSA) is 20.3 Å². The standard InChI is InChI=1S/C13H14ClF2NO/c1-8-6-10(12(16)7-11(8)15)13(18)17(5-4-14)9-2-3-9/h6-7,9H,2-5H2,1H3. The van der Waals surface area contributed by atoms with E-state index in [-0.39, 0.29) is 17.2 Å². The number of hydrogen-bond acceptors (Lipinski definition) is 1. The van der Waals surface area contributed by atoms with E-state index in [4.69, 9.17) is 11.6 Å². The fourth-order valence-corrected chi connectivity index (χ4v) is 2.09. The van der Waals surface area contributed by atoms with Gasteiger partial charge in [-0.15, -0.1) is 11.6 Å². The number of amides is 1. The molecule has 0 bridgehead atoms. The maximum Gasteiger partial charge on any atom is 0.257 e. The van der Waals surface area contributed by atoms with Crippen molar-refractivity contribution in [3.8, 4) is 0 Å². The monoisotopic (exact) mass is 273 g/mol. The molecule has 0 aliphatic heterocycles. The molecule has 0 aromatic heterocycles. The Morgan fingerprint density at radius 2 is 2.06 bits per heavy atom. The minimum atomic E-state index is -0.816. The van der Waals surface area contributed by atoms with Gasteiger partial charge in [-0.1, -0.05) is 0 Å². The molecule has 1 saturated carbocycles. The summed E-state index contributed by atoms with van der Waals surface area (Å²) in [6.07, 6.45) is 1.84. The quantitative estimate of drug-likeness (QED) is 0.772. The van der Waals surface area contributed by atoms with Crippen molar-refractivity contribution in [2.24, 2.45) is 0 Å². The van der Waals surface area contributed by atoms with Crippen molar-refractivity contribution in [3.63, 3.8) is 0 Å². The highest BCUT2D eigenvalue weighted by Crippen LogP contribution is 2.29. The smallest absolute Gasteiger partial charge is 0.257 e.